The van der Waals surface area contributed by atoms with Gasteiger partial charge < -0.3 is 20.3 Å². The van der Waals surface area contributed by atoms with E-state index in [4.69, 9.17) is 4.74 Å². The number of ether oxygens (including phenoxy) is 1. The summed E-state index contributed by atoms with van der Waals surface area (Å²) >= 11 is 0. The Morgan fingerprint density at radius 1 is 1.43 bits per heavy atom. The lowest BCUT2D eigenvalue weighted by molar-refractivity contribution is -0.105. The number of hydrogen-bond acceptors (Lipinski definition) is 4. The Morgan fingerprint density at radius 2 is 2.19 bits per heavy atom. The number of rotatable bonds is 2. The van der Waals surface area contributed by atoms with Gasteiger partial charge in [-0.05, 0) is 38.5 Å². The summed E-state index contributed by atoms with van der Waals surface area (Å²) in [6.07, 6.45) is 0.332. The first kappa shape index (κ1) is 15.2. The summed E-state index contributed by atoms with van der Waals surface area (Å²) in [4.78, 5) is 24.3. The first-order valence-electron chi connectivity index (χ1n) is 6.94. The third kappa shape index (κ3) is 4.11. The Balaban J connectivity index is 2.13. The smallest absolute Gasteiger partial charge is 0.410 e. The van der Waals surface area contributed by atoms with Crippen LogP contribution in [0.3, 0.4) is 0 Å². The molecule has 114 valence electrons. The fourth-order valence-corrected chi connectivity index (χ4v) is 2.13. The van der Waals surface area contributed by atoms with E-state index in [1.807, 2.05) is 39.0 Å². The molecule has 0 aromatic heterocycles. The molecule has 0 spiro atoms. The molecule has 2 N–H and O–H groups in total. The van der Waals surface area contributed by atoms with Gasteiger partial charge in [-0.15, -0.1) is 0 Å². The second-order valence-electron chi connectivity index (χ2n) is 5.96. The monoisotopic (exact) mass is 291 g/mol. The molecule has 0 unspecified atom stereocenters. The second kappa shape index (κ2) is 6.03. The maximum absolute atomic E-state index is 12.2. The summed E-state index contributed by atoms with van der Waals surface area (Å²) in [5.41, 5.74) is 2.14. The van der Waals surface area contributed by atoms with Gasteiger partial charge in [-0.3, -0.25) is 4.79 Å². The van der Waals surface area contributed by atoms with E-state index in [-0.39, 0.29) is 6.09 Å². The predicted octanol–water partition coefficient (Wildman–Crippen LogP) is 2.42. The molecule has 2 amide bonds. The zero-order valence-electron chi connectivity index (χ0n) is 12.6. The van der Waals surface area contributed by atoms with Crippen molar-refractivity contribution in [2.75, 3.05) is 23.7 Å². The fraction of sp³-hybridized carbons (Fsp3) is 0.467. The van der Waals surface area contributed by atoms with Gasteiger partial charge in [0, 0.05) is 24.5 Å². The third-order valence-electron chi connectivity index (χ3n) is 3.05. The van der Waals surface area contributed by atoms with E-state index in [0.717, 1.165) is 16.9 Å². The lowest BCUT2D eigenvalue weighted by atomic mass is 10.1. The average Bonchev–Trinajstić information content (AvgIpc) is 2.59. The summed E-state index contributed by atoms with van der Waals surface area (Å²) in [5.74, 6) is 0. The molecule has 1 heterocycles. The molecule has 0 radical (unpaired) electrons. The lowest BCUT2D eigenvalue weighted by Crippen LogP contribution is -2.37. The SMILES string of the molecule is CC(C)(C)OC(=O)N1CCNc2cc(NC=O)ccc2C1. The molecule has 0 fully saturated rings. The summed E-state index contributed by atoms with van der Waals surface area (Å²) in [5, 5.41) is 5.88. The minimum Gasteiger partial charge on any atom is -0.444 e. The molecule has 0 aliphatic carbocycles. The average molecular weight is 291 g/mol. The number of amides is 2. The number of carbonyl (C=O) groups is 2. The predicted molar refractivity (Wildman–Crippen MR) is 81.3 cm³/mol. The van der Waals surface area contributed by atoms with Gasteiger partial charge >= 0.3 is 6.09 Å². The van der Waals surface area contributed by atoms with Crippen molar-refractivity contribution in [3.8, 4) is 0 Å². The Bertz CT molecular complexity index is 537. The molecule has 1 aliphatic rings. The summed E-state index contributed by atoms with van der Waals surface area (Å²) in [7, 11) is 0. The number of hydrogen-bond donors (Lipinski definition) is 2. The van der Waals surface area contributed by atoms with Gasteiger partial charge in [0.05, 0.1) is 6.54 Å². The van der Waals surface area contributed by atoms with Crippen molar-refractivity contribution in [3.63, 3.8) is 0 Å². The van der Waals surface area contributed by atoms with E-state index in [0.29, 0.717) is 26.0 Å². The van der Waals surface area contributed by atoms with Gasteiger partial charge in [0.15, 0.2) is 0 Å². The number of carbonyl (C=O) groups excluding carboxylic acids is 2. The van der Waals surface area contributed by atoms with E-state index in [9.17, 15) is 9.59 Å². The molecule has 6 nitrogen and oxygen atoms in total. The molecule has 0 saturated heterocycles. The Labute approximate surface area is 124 Å². The maximum atomic E-state index is 12.2. The molecule has 0 atom stereocenters. The van der Waals surface area contributed by atoms with Crippen molar-refractivity contribution in [2.45, 2.75) is 32.9 Å². The Hall–Kier alpha value is -2.24. The van der Waals surface area contributed by atoms with E-state index in [2.05, 4.69) is 10.6 Å². The van der Waals surface area contributed by atoms with Crippen molar-refractivity contribution >= 4 is 23.9 Å². The third-order valence-corrected chi connectivity index (χ3v) is 3.05. The zero-order valence-corrected chi connectivity index (χ0v) is 12.6. The zero-order chi connectivity index (χ0) is 15.5. The van der Waals surface area contributed by atoms with E-state index >= 15 is 0 Å². The molecule has 6 heteroatoms. The van der Waals surface area contributed by atoms with Crippen molar-refractivity contribution in [1.29, 1.82) is 0 Å². The van der Waals surface area contributed by atoms with Crippen LogP contribution in [0.5, 0.6) is 0 Å². The highest BCUT2D eigenvalue weighted by atomic mass is 16.6. The van der Waals surface area contributed by atoms with E-state index in [1.165, 1.54) is 0 Å². The van der Waals surface area contributed by atoms with E-state index < -0.39 is 5.60 Å². The second-order valence-corrected chi connectivity index (χ2v) is 5.96. The summed E-state index contributed by atoms with van der Waals surface area (Å²) < 4.78 is 5.41. The van der Waals surface area contributed by atoms with Crippen LogP contribution in [0.25, 0.3) is 0 Å². The topological polar surface area (TPSA) is 70.7 Å². The van der Waals surface area contributed by atoms with Crippen LogP contribution in [0.4, 0.5) is 16.2 Å². The largest absolute Gasteiger partial charge is 0.444 e. The normalized spacial score (nSPS) is 14.5. The maximum Gasteiger partial charge on any atom is 0.410 e. The molecular weight excluding hydrogens is 270 g/mol. The van der Waals surface area contributed by atoms with Crippen LogP contribution in [0, 0.1) is 0 Å². The van der Waals surface area contributed by atoms with Crippen LogP contribution in [0.1, 0.15) is 26.3 Å². The first-order valence-corrected chi connectivity index (χ1v) is 6.94. The molecule has 0 bridgehead atoms. The van der Waals surface area contributed by atoms with Crippen LogP contribution in [0.2, 0.25) is 0 Å². The van der Waals surface area contributed by atoms with Crippen LogP contribution >= 0.6 is 0 Å². The van der Waals surface area contributed by atoms with Crippen molar-refractivity contribution in [2.24, 2.45) is 0 Å². The fourth-order valence-electron chi connectivity index (χ4n) is 2.13. The van der Waals surface area contributed by atoms with Crippen molar-refractivity contribution < 1.29 is 14.3 Å². The highest BCUT2D eigenvalue weighted by Gasteiger charge is 2.24. The lowest BCUT2D eigenvalue weighted by Gasteiger charge is -2.26. The Morgan fingerprint density at radius 3 is 2.86 bits per heavy atom. The highest BCUT2D eigenvalue weighted by Crippen LogP contribution is 2.25. The molecule has 1 aromatic carbocycles. The molecular formula is C15H21N3O3. The number of benzene rings is 1. The molecule has 1 aliphatic heterocycles. The van der Waals surface area contributed by atoms with Gasteiger partial charge in [0.2, 0.25) is 6.41 Å². The van der Waals surface area contributed by atoms with Gasteiger partial charge in [-0.1, -0.05) is 6.07 Å². The van der Waals surface area contributed by atoms with Crippen molar-refractivity contribution in [3.05, 3.63) is 23.8 Å². The van der Waals surface area contributed by atoms with Gasteiger partial charge in [0.1, 0.15) is 5.60 Å². The Kier molecular flexibility index (Phi) is 4.35. The van der Waals surface area contributed by atoms with Crippen LogP contribution in [-0.2, 0) is 16.1 Å². The number of nitrogens with zero attached hydrogens (tertiary/aromatic N) is 1. The summed E-state index contributed by atoms with van der Waals surface area (Å²) in [6.45, 7) is 7.25. The van der Waals surface area contributed by atoms with Crippen LogP contribution < -0.4 is 10.6 Å². The van der Waals surface area contributed by atoms with Crippen molar-refractivity contribution in [1.82, 2.24) is 4.90 Å². The molecule has 1 aromatic rings. The van der Waals surface area contributed by atoms with Gasteiger partial charge in [0.25, 0.3) is 0 Å². The molecule has 21 heavy (non-hydrogen) atoms. The molecule has 2 rings (SSSR count). The van der Waals surface area contributed by atoms with Gasteiger partial charge in [-0.25, -0.2) is 4.79 Å². The van der Waals surface area contributed by atoms with Gasteiger partial charge in [-0.2, -0.15) is 0 Å². The molecule has 0 saturated carbocycles. The van der Waals surface area contributed by atoms with Crippen LogP contribution in [0.15, 0.2) is 18.2 Å². The highest BCUT2D eigenvalue weighted by molar-refractivity contribution is 5.75. The standard InChI is InChI=1S/C15H21N3O3/c1-15(2,3)21-14(20)18-7-6-16-13-8-12(17-10-19)5-4-11(13)9-18/h4-5,8,10,16H,6-7,9H2,1-3H3,(H,17,19). The first-order chi connectivity index (χ1) is 9.89. The summed E-state index contributed by atoms with van der Waals surface area (Å²) in [6, 6.07) is 5.58. The number of anilines is 2. The van der Waals surface area contributed by atoms with E-state index in [1.54, 1.807) is 4.90 Å². The van der Waals surface area contributed by atoms with Crippen LogP contribution in [-0.4, -0.2) is 36.1 Å². The minimum atomic E-state index is -0.503. The quantitative estimate of drug-likeness (QED) is 0.821. The minimum absolute atomic E-state index is 0.313. The number of nitrogens with one attached hydrogen (secondary N) is 2. The number of fused-ring (bicyclic) bond motifs is 1.